The molecule has 7 heteroatoms. The van der Waals surface area contributed by atoms with Crippen LogP contribution in [0.4, 0.5) is 8.78 Å². The lowest BCUT2D eigenvalue weighted by molar-refractivity contribution is -0.152. The first-order chi connectivity index (χ1) is 13.8. The molecule has 5 nitrogen and oxygen atoms in total. The minimum atomic E-state index is -1.62. The third-order valence-corrected chi connectivity index (χ3v) is 4.63. The lowest BCUT2D eigenvalue weighted by Gasteiger charge is -2.24. The molecular formula is C22H19F2NO4. The number of carbonyl (C=O) groups excluding carboxylic acids is 3. The maximum atomic E-state index is 13.7. The van der Waals surface area contributed by atoms with E-state index >= 15 is 0 Å². The molecule has 2 aromatic carbocycles. The fourth-order valence-corrected chi connectivity index (χ4v) is 3.21. The molecule has 29 heavy (non-hydrogen) atoms. The van der Waals surface area contributed by atoms with E-state index in [1.54, 1.807) is 6.07 Å². The number of carbonyl (C=O) groups is 3. The molecule has 0 spiro atoms. The van der Waals surface area contributed by atoms with Crippen LogP contribution in [0.15, 0.2) is 48.5 Å². The molecule has 0 amide bonds. The summed E-state index contributed by atoms with van der Waals surface area (Å²) >= 11 is 0. The van der Waals surface area contributed by atoms with Gasteiger partial charge in [-0.2, -0.15) is 5.26 Å². The molecule has 0 heterocycles. The van der Waals surface area contributed by atoms with Gasteiger partial charge in [-0.25, -0.2) is 8.78 Å². The molecule has 150 valence electrons. The monoisotopic (exact) mass is 399 g/mol. The highest BCUT2D eigenvalue weighted by atomic mass is 19.1. The second-order valence-electron chi connectivity index (χ2n) is 6.56. The van der Waals surface area contributed by atoms with E-state index in [1.807, 2.05) is 0 Å². The number of hydrogen-bond donors (Lipinski definition) is 0. The molecule has 0 aromatic heterocycles. The van der Waals surface area contributed by atoms with Crippen molar-refractivity contribution < 1.29 is 27.9 Å². The zero-order valence-corrected chi connectivity index (χ0v) is 15.9. The number of Topliss-reactive ketones (excluding diaryl/α,β-unsaturated/α-hetero) is 2. The summed E-state index contributed by atoms with van der Waals surface area (Å²) in [5, 5.41) is 9.76. The summed E-state index contributed by atoms with van der Waals surface area (Å²) < 4.78 is 31.6. The van der Waals surface area contributed by atoms with Gasteiger partial charge < -0.3 is 4.74 Å². The highest BCUT2D eigenvalue weighted by molar-refractivity contribution is 6.16. The van der Waals surface area contributed by atoms with E-state index in [9.17, 15) is 28.4 Å². The Bertz CT molecular complexity index is 950. The van der Waals surface area contributed by atoms with Crippen molar-refractivity contribution in [3.8, 4) is 6.07 Å². The van der Waals surface area contributed by atoms with Crippen molar-refractivity contribution in [2.24, 2.45) is 5.92 Å². The van der Waals surface area contributed by atoms with Crippen LogP contribution in [-0.2, 0) is 19.1 Å². The van der Waals surface area contributed by atoms with Crippen LogP contribution in [-0.4, -0.2) is 24.6 Å². The summed E-state index contributed by atoms with van der Waals surface area (Å²) in [5.41, 5.74) is 0.773. The van der Waals surface area contributed by atoms with E-state index in [0.29, 0.717) is 11.1 Å². The summed E-state index contributed by atoms with van der Waals surface area (Å²) in [6.07, 6.45) is -0.361. The number of nitrogens with zero attached hydrogens (tertiary/aromatic N) is 1. The van der Waals surface area contributed by atoms with Crippen molar-refractivity contribution >= 4 is 17.5 Å². The van der Waals surface area contributed by atoms with Crippen molar-refractivity contribution in [1.82, 2.24) is 0 Å². The molecule has 0 bridgehead atoms. The Morgan fingerprint density at radius 3 is 2.21 bits per heavy atom. The smallest absolute Gasteiger partial charge is 0.323 e. The molecule has 0 saturated heterocycles. The molecule has 3 unspecified atom stereocenters. The molecule has 0 fully saturated rings. The minimum absolute atomic E-state index is 0.326. The van der Waals surface area contributed by atoms with Crippen LogP contribution in [0.5, 0.6) is 0 Å². The standard InChI is InChI=1S/C22H19F2NO4/c1-13(26)21(22(28)29-2)20(27)11-18(14-6-8-16(23)9-7-14)19(12-25)15-4-3-5-17(24)10-15/h3-10,18-19,21H,11H2,1-2H3. The quantitative estimate of drug-likeness (QED) is 0.499. The Labute approximate surface area is 166 Å². The van der Waals surface area contributed by atoms with Crippen LogP contribution in [0.25, 0.3) is 0 Å². The van der Waals surface area contributed by atoms with Gasteiger partial charge in [-0.05, 0) is 42.3 Å². The topological polar surface area (TPSA) is 84.2 Å². The maximum Gasteiger partial charge on any atom is 0.323 e. The number of rotatable bonds is 8. The number of benzene rings is 2. The predicted molar refractivity (Wildman–Crippen MR) is 99.7 cm³/mol. The third-order valence-electron chi connectivity index (χ3n) is 4.63. The number of methoxy groups -OCH3 is 1. The van der Waals surface area contributed by atoms with Gasteiger partial charge in [0, 0.05) is 12.3 Å². The van der Waals surface area contributed by atoms with Gasteiger partial charge in [-0.3, -0.25) is 14.4 Å². The van der Waals surface area contributed by atoms with Crippen LogP contribution in [0.3, 0.4) is 0 Å². The largest absolute Gasteiger partial charge is 0.468 e. The van der Waals surface area contributed by atoms with Crippen LogP contribution in [0.1, 0.15) is 36.3 Å². The summed E-state index contributed by atoms with van der Waals surface area (Å²) in [7, 11) is 1.06. The van der Waals surface area contributed by atoms with E-state index in [4.69, 9.17) is 0 Å². The van der Waals surface area contributed by atoms with E-state index < -0.39 is 46.9 Å². The highest BCUT2D eigenvalue weighted by Gasteiger charge is 2.36. The molecule has 2 aromatic rings. The normalized spacial score (nSPS) is 13.6. The van der Waals surface area contributed by atoms with Gasteiger partial charge in [0.15, 0.2) is 17.5 Å². The second kappa shape index (κ2) is 9.69. The molecule has 3 atom stereocenters. The average Bonchev–Trinajstić information content (AvgIpc) is 2.68. The van der Waals surface area contributed by atoms with Gasteiger partial charge in [0.2, 0.25) is 0 Å². The van der Waals surface area contributed by atoms with Crippen molar-refractivity contribution in [1.29, 1.82) is 5.26 Å². The molecule has 0 radical (unpaired) electrons. The van der Waals surface area contributed by atoms with Gasteiger partial charge in [-0.15, -0.1) is 0 Å². The summed E-state index contributed by atoms with van der Waals surface area (Å²) in [5.74, 6) is -6.87. The van der Waals surface area contributed by atoms with Crippen LogP contribution < -0.4 is 0 Å². The van der Waals surface area contributed by atoms with Crippen LogP contribution >= 0.6 is 0 Å². The molecular weight excluding hydrogens is 380 g/mol. The number of ether oxygens (including phenoxy) is 1. The fraction of sp³-hybridized carbons (Fsp3) is 0.273. The number of nitriles is 1. The van der Waals surface area contributed by atoms with Crippen LogP contribution in [0, 0.1) is 28.9 Å². The third kappa shape index (κ3) is 5.32. The molecule has 0 saturated carbocycles. The van der Waals surface area contributed by atoms with E-state index in [-0.39, 0.29) is 6.42 Å². The zero-order chi connectivity index (χ0) is 21.6. The Hall–Kier alpha value is -3.40. The number of hydrogen-bond acceptors (Lipinski definition) is 5. The molecule has 0 N–H and O–H groups in total. The maximum absolute atomic E-state index is 13.7. The van der Waals surface area contributed by atoms with Crippen molar-refractivity contribution in [3.63, 3.8) is 0 Å². The van der Waals surface area contributed by atoms with E-state index in [0.717, 1.165) is 14.0 Å². The van der Waals surface area contributed by atoms with E-state index in [2.05, 4.69) is 10.8 Å². The van der Waals surface area contributed by atoms with Gasteiger partial charge in [0.25, 0.3) is 0 Å². The SMILES string of the molecule is COC(=O)C(C(C)=O)C(=O)CC(c1ccc(F)cc1)C(C#N)c1cccc(F)c1. The minimum Gasteiger partial charge on any atom is -0.468 e. The first kappa shape index (κ1) is 21.9. The van der Waals surface area contributed by atoms with Gasteiger partial charge >= 0.3 is 5.97 Å². The van der Waals surface area contributed by atoms with Crippen molar-refractivity contribution in [2.45, 2.75) is 25.2 Å². The summed E-state index contributed by atoms with van der Waals surface area (Å²) in [6.45, 7) is 1.10. The molecule has 0 aliphatic heterocycles. The average molecular weight is 399 g/mol. The van der Waals surface area contributed by atoms with Crippen molar-refractivity contribution in [2.75, 3.05) is 7.11 Å². The first-order valence-electron chi connectivity index (χ1n) is 8.80. The van der Waals surface area contributed by atoms with Crippen LogP contribution in [0.2, 0.25) is 0 Å². The Kier molecular flexibility index (Phi) is 7.32. The number of ketones is 2. The van der Waals surface area contributed by atoms with Gasteiger partial charge in [0.05, 0.1) is 19.1 Å². The zero-order valence-electron chi connectivity index (χ0n) is 15.9. The number of halogens is 2. The Morgan fingerprint density at radius 2 is 1.69 bits per heavy atom. The molecule has 0 aliphatic carbocycles. The fourth-order valence-electron chi connectivity index (χ4n) is 3.21. The lowest BCUT2D eigenvalue weighted by Crippen LogP contribution is -2.33. The van der Waals surface area contributed by atoms with E-state index in [1.165, 1.54) is 42.5 Å². The highest BCUT2D eigenvalue weighted by Crippen LogP contribution is 2.36. The molecule has 0 aliphatic rings. The lowest BCUT2D eigenvalue weighted by atomic mass is 9.77. The summed E-state index contributed by atoms with van der Waals surface area (Å²) in [6, 6.07) is 12.6. The predicted octanol–water partition coefficient (Wildman–Crippen LogP) is 3.69. The van der Waals surface area contributed by atoms with Crippen molar-refractivity contribution in [3.05, 3.63) is 71.3 Å². The Balaban J connectivity index is 2.48. The summed E-state index contributed by atoms with van der Waals surface area (Å²) in [4.78, 5) is 36.5. The van der Waals surface area contributed by atoms with Gasteiger partial charge in [0.1, 0.15) is 11.6 Å². The molecule has 2 rings (SSSR count). The number of esters is 1. The second-order valence-corrected chi connectivity index (χ2v) is 6.56. The Morgan fingerprint density at radius 1 is 1.03 bits per heavy atom. The first-order valence-corrected chi connectivity index (χ1v) is 8.80. The van der Waals surface area contributed by atoms with Gasteiger partial charge in [-0.1, -0.05) is 24.3 Å².